The van der Waals surface area contributed by atoms with E-state index in [-0.39, 0.29) is 27.9 Å². The van der Waals surface area contributed by atoms with Gasteiger partial charge in [-0.1, -0.05) is 162 Å². The summed E-state index contributed by atoms with van der Waals surface area (Å²) in [5, 5.41) is 4.87. The predicted octanol–water partition coefficient (Wildman–Crippen LogP) is 18.7. The van der Waals surface area contributed by atoms with E-state index in [1.54, 1.807) is 0 Å². The second kappa shape index (κ2) is 14.8. The van der Waals surface area contributed by atoms with Crippen molar-refractivity contribution in [3.63, 3.8) is 0 Å². The number of nitrogens with zero attached hydrogens (tertiary/aromatic N) is 6. The Kier molecular flexibility index (Phi) is 8.82. The summed E-state index contributed by atoms with van der Waals surface area (Å²) in [5.74, 6) is 1.16. The Hall–Kier alpha value is -8.00. The molecule has 4 atom stereocenters. The quantitative estimate of drug-likeness (QED) is 0.0982. The van der Waals surface area contributed by atoms with Gasteiger partial charge < -0.3 is 0 Å². The molecule has 2 spiro atoms. The van der Waals surface area contributed by atoms with Gasteiger partial charge in [0.2, 0.25) is 16.9 Å². The van der Waals surface area contributed by atoms with Gasteiger partial charge >= 0.3 is 12.1 Å². The summed E-state index contributed by atoms with van der Waals surface area (Å²) in [5.41, 5.74) is 25.8. The van der Waals surface area contributed by atoms with Crippen LogP contribution in [-0.2, 0) is 21.7 Å². The van der Waals surface area contributed by atoms with E-state index in [4.69, 9.17) is 4.98 Å². The van der Waals surface area contributed by atoms with Gasteiger partial charge in [0.05, 0.1) is 11.1 Å². The van der Waals surface area contributed by atoms with Crippen molar-refractivity contribution in [2.45, 2.75) is 111 Å². The summed E-state index contributed by atoms with van der Waals surface area (Å²) >= 11 is 0. The highest BCUT2D eigenvalue weighted by molar-refractivity contribution is 6.21. The van der Waals surface area contributed by atoms with Gasteiger partial charge in [0.1, 0.15) is 5.52 Å². The summed E-state index contributed by atoms with van der Waals surface area (Å²) in [6.45, 7) is 28.5. The largest absolute Gasteiger partial charge is 0.498 e. The number of rotatable bonds is 3. The van der Waals surface area contributed by atoms with Crippen LogP contribution in [0.2, 0.25) is 0 Å². The zero-order valence-electron chi connectivity index (χ0n) is 47.7. The Bertz CT molecular complexity index is 4410. The number of benzene rings is 8. The maximum absolute atomic E-state index is 4.71. The van der Waals surface area contributed by atoms with Crippen molar-refractivity contribution in [1.29, 1.82) is 0 Å². The molecular formula is C73H68N6+4. The molecule has 0 aliphatic carbocycles. The first kappa shape index (κ1) is 47.0. The number of fused-ring (bicyclic) bond motifs is 12. The van der Waals surface area contributed by atoms with Crippen molar-refractivity contribution in [2.24, 2.45) is 0 Å². The normalized spacial score (nSPS) is 20.9. The van der Waals surface area contributed by atoms with E-state index < -0.39 is 0 Å². The molecule has 11 aromatic rings. The first-order valence-corrected chi connectivity index (χ1v) is 28.6. The molecule has 8 aromatic carbocycles. The van der Waals surface area contributed by atoms with E-state index in [1.807, 2.05) is 12.4 Å². The van der Waals surface area contributed by atoms with Gasteiger partial charge in [-0.05, 0) is 143 Å². The zero-order valence-corrected chi connectivity index (χ0v) is 47.7. The zero-order chi connectivity index (χ0) is 54.3. The van der Waals surface area contributed by atoms with E-state index in [0.29, 0.717) is 13.8 Å². The maximum atomic E-state index is 4.71. The van der Waals surface area contributed by atoms with Crippen molar-refractivity contribution in [3.05, 3.63) is 211 Å². The monoisotopic (exact) mass is 1030 g/mol. The van der Waals surface area contributed by atoms with E-state index in [2.05, 4.69) is 268 Å². The highest BCUT2D eigenvalue weighted by Gasteiger charge is 3.11. The van der Waals surface area contributed by atoms with E-state index in [0.717, 1.165) is 11.2 Å². The summed E-state index contributed by atoms with van der Waals surface area (Å²) in [6, 6.07) is 67.2. The van der Waals surface area contributed by atoms with Gasteiger partial charge in [-0.2, -0.15) is 4.57 Å². The van der Waals surface area contributed by atoms with Crippen molar-refractivity contribution >= 4 is 66.7 Å². The molecular weight excluding hydrogens is 961 g/mol. The molecule has 0 saturated carbocycles. The third-order valence-corrected chi connectivity index (χ3v) is 19.0. The van der Waals surface area contributed by atoms with Crippen molar-refractivity contribution in [2.75, 3.05) is 0 Å². The molecule has 0 N–H and O–H groups in total. The lowest BCUT2D eigenvalue weighted by molar-refractivity contribution is -0.793. The number of hydrogen-bond donors (Lipinski definition) is 0. The molecule has 0 amide bonds. The molecule has 1 saturated heterocycles. The molecule has 386 valence electrons. The molecule has 0 radical (unpaired) electrons. The topological polar surface area (TPSA) is 21.7 Å². The number of aromatic nitrogens is 3. The Morgan fingerprint density at radius 3 is 1.58 bits per heavy atom. The SMILES string of the molecule is CC(C)(C)c1cc(-c2cccc(-c3cc(C(C)(C)C)cc(C(C)(C)C)c3)c2[N+]23c4ccccc4[N+]24c2cccc5c2[N+]2(c6c(ccc7c8ccccc8n(c67)-c6cccc[n+]62)-c2cc6cnccc6cc2-5)C43)cc(C(C)(C)C)c1. The molecule has 6 heteroatoms. The summed E-state index contributed by atoms with van der Waals surface area (Å²) < 4.78 is 7.01. The second-order valence-electron chi connectivity index (χ2n) is 27.6. The van der Waals surface area contributed by atoms with Crippen LogP contribution in [0.15, 0.2) is 188 Å². The highest BCUT2D eigenvalue weighted by atomic mass is 16.2. The van der Waals surface area contributed by atoms with Crippen LogP contribution in [0.3, 0.4) is 0 Å². The first-order chi connectivity index (χ1) is 37.7. The smallest absolute Gasteiger partial charge is 0.264 e. The molecule has 16 rings (SSSR count). The van der Waals surface area contributed by atoms with Gasteiger partial charge in [-0.3, -0.25) is 4.98 Å². The van der Waals surface area contributed by atoms with Crippen LogP contribution in [0.5, 0.6) is 0 Å². The fourth-order valence-electron chi connectivity index (χ4n) is 15.3. The molecule has 1 fully saturated rings. The minimum Gasteiger partial charge on any atom is -0.264 e. The number of para-hydroxylation sites is 5. The Balaban J connectivity index is 1.13. The highest BCUT2D eigenvalue weighted by Crippen LogP contribution is 2.86. The third kappa shape index (κ3) is 5.62. The van der Waals surface area contributed by atoms with Crippen molar-refractivity contribution < 1.29 is 4.68 Å². The lowest BCUT2D eigenvalue weighted by atomic mass is 9.77. The van der Waals surface area contributed by atoms with E-state index >= 15 is 0 Å². The Morgan fingerprint density at radius 1 is 0.418 bits per heavy atom. The summed E-state index contributed by atoms with van der Waals surface area (Å²) in [7, 11) is 0. The minimum atomic E-state index is -0.151. The summed E-state index contributed by atoms with van der Waals surface area (Å²) in [4.78, 5) is 4.71. The molecule has 5 aliphatic rings. The lowest BCUT2D eigenvalue weighted by Gasteiger charge is -2.35. The van der Waals surface area contributed by atoms with Gasteiger partial charge in [0, 0.05) is 77.7 Å². The van der Waals surface area contributed by atoms with Crippen LogP contribution in [0.4, 0.5) is 34.1 Å². The molecule has 6 nitrogen and oxygen atoms in total. The maximum Gasteiger partial charge on any atom is 0.498 e. The molecule has 3 aromatic heterocycles. The number of hydrogen-bond acceptors (Lipinski definition) is 1. The average molecular weight is 1030 g/mol. The Labute approximate surface area is 464 Å². The fourth-order valence-corrected chi connectivity index (χ4v) is 15.3. The predicted molar refractivity (Wildman–Crippen MR) is 329 cm³/mol. The van der Waals surface area contributed by atoms with Gasteiger partial charge in [0.25, 0.3) is 22.7 Å². The third-order valence-electron chi connectivity index (χ3n) is 19.0. The van der Waals surface area contributed by atoms with Crippen LogP contribution >= 0.6 is 0 Å². The van der Waals surface area contributed by atoms with Crippen LogP contribution in [-0.4, -0.2) is 15.8 Å². The first-order valence-electron chi connectivity index (χ1n) is 28.6. The van der Waals surface area contributed by atoms with Gasteiger partial charge in [0.15, 0.2) is 6.20 Å². The van der Waals surface area contributed by atoms with Gasteiger partial charge in [-0.15, -0.1) is 0 Å². The van der Waals surface area contributed by atoms with Crippen LogP contribution in [0, 0.1) is 0 Å². The molecule has 5 aliphatic heterocycles. The second-order valence-corrected chi connectivity index (χ2v) is 27.6. The number of quaternary nitrogens is 3. The van der Waals surface area contributed by atoms with Crippen molar-refractivity contribution in [3.8, 4) is 50.3 Å². The molecule has 0 bridgehead atoms. The average Bonchev–Trinajstić information content (AvgIpc) is 1.39. The fraction of sp³-hybridized carbons (Fsp3) is 0.233. The Morgan fingerprint density at radius 2 is 0.949 bits per heavy atom. The van der Waals surface area contributed by atoms with Crippen molar-refractivity contribution in [1.82, 2.24) is 23.3 Å². The van der Waals surface area contributed by atoms with Crippen LogP contribution in [0.1, 0.15) is 105 Å². The van der Waals surface area contributed by atoms with E-state index in [1.165, 1.54) is 128 Å². The molecule has 8 heterocycles. The number of pyridine rings is 2. The molecule has 79 heavy (non-hydrogen) atoms. The van der Waals surface area contributed by atoms with E-state index in [9.17, 15) is 0 Å². The molecule has 4 unspecified atom stereocenters. The standard InChI is InChI=1S/C73H68N6/c1-70(2,3)48-35-45(36-49(41-48)71(4,5)6)52-22-19-23-53(46-37-50(72(7,8)9)42-51(38-46)73(10,11)12)66(52)79-62-27-16-15-26-61(62)78(79)63-28-20-24-56-58-39-44-32-33-74-43-47(44)40-59(58)57-31-30-55-54-21-13-14-25-60(54)76-64-29-17-18-34-75(64)77(67(56)63,69(78)79)68(57)65(55)76/h13-43,69H,1-12H3/q+4. The van der Waals surface area contributed by atoms with Gasteiger partial charge in [-0.25, -0.2) is 0 Å². The summed E-state index contributed by atoms with van der Waals surface area (Å²) in [6.07, 6.45) is 6.25. The van der Waals surface area contributed by atoms with Crippen LogP contribution in [0.25, 0.3) is 82.9 Å². The minimum absolute atomic E-state index is 0.0859. The van der Waals surface area contributed by atoms with Crippen LogP contribution < -0.4 is 18.5 Å². The lowest BCUT2D eigenvalue weighted by Crippen LogP contribution is -2.74.